The van der Waals surface area contributed by atoms with Gasteiger partial charge in [0, 0.05) is 5.69 Å². The van der Waals surface area contributed by atoms with Gasteiger partial charge in [0.15, 0.2) is 5.82 Å². The zero-order valence-electron chi connectivity index (χ0n) is 19.2. The molecular formula is C25H33N5O. The minimum atomic E-state index is -0.331. The van der Waals surface area contributed by atoms with Crippen LogP contribution in [0.25, 0.3) is 5.69 Å². The molecule has 164 valence electrons. The van der Waals surface area contributed by atoms with Gasteiger partial charge in [-0.25, -0.2) is 0 Å². The normalized spacial score (nSPS) is 21.6. The first-order chi connectivity index (χ1) is 14.8. The van der Waals surface area contributed by atoms with Gasteiger partial charge in [-0.2, -0.15) is 4.68 Å². The van der Waals surface area contributed by atoms with E-state index in [1.807, 2.05) is 28.9 Å². The lowest BCUT2D eigenvalue weighted by Crippen LogP contribution is -2.43. The van der Waals surface area contributed by atoms with Crippen molar-refractivity contribution < 1.29 is 4.74 Å². The van der Waals surface area contributed by atoms with Crippen LogP contribution >= 0.6 is 0 Å². The van der Waals surface area contributed by atoms with Crippen molar-refractivity contribution in [1.29, 1.82) is 0 Å². The fourth-order valence-corrected chi connectivity index (χ4v) is 4.78. The third-order valence-corrected chi connectivity index (χ3v) is 6.78. The molecule has 0 amide bonds. The Labute approximate surface area is 185 Å². The second-order valence-electron chi connectivity index (χ2n) is 9.78. The Kier molecular flexibility index (Phi) is 5.73. The van der Waals surface area contributed by atoms with Crippen LogP contribution in [0.4, 0.5) is 5.69 Å². The smallest absolute Gasteiger partial charge is 0.181 e. The van der Waals surface area contributed by atoms with Gasteiger partial charge in [0.25, 0.3) is 0 Å². The predicted octanol–water partition coefficient (Wildman–Crippen LogP) is 5.52. The molecule has 0 radical (unpaired) electrons. The molecule has 1 saturated carbocycles. The van der Waals surface area contributed by atoms with E-state index in [1.54, 1.807) is 7.11 Å². The molecule has 3 aromatic rings. The Bertz CT molecular complexity index is 1010. The SMILES string of the molecule is COc1ccc(NC2(c3nnnn3-c3ccccc3C)CCC(C(C)(C)C)CC2)cc1. The predicted molar refractivity (Wildman–Crippen MR) is 124 cm³/mol. The van der Waals surface area contributed by atoms with E-state index in [4.69, 9.17) is 4.74 Å². The number of anilines is 1. The average Bonchev–Trinajstić information content (AvgIpc) is 3.25. The Hall–Kier alpha value is -2.89. The van der Waals surface area contributed by atoms with E-state index in [9.17, 15) is 0 Å². The van der Waals surface area contributed by atoms with Crippen LogP contribution in [0.5, 0.6) is 5.75 Å². The molecule has 1 N–H and O–H groups in total. The second-order valence-corrected chi connectivity index (χ2v) is 9.78. The molecule has 6 nitrogen and oxygen atoms in total. The Morgan fingerprint density at radius 3 is 2.32 bits per heavy atom. The topological polar surface area (TPSA) is 64.9 Å². The molecule has 0 unspecified atom stereocenters. The molecule has 1 aromatic heterocycles. The largest absolute Gasteiger partial charge is 0.497 e. The minimum Gasteiger partial charge on any atom is -0.497 e. The van der Waals surface area contributed by atoms with E-state index >= 15 is 0 Å². The fourth-order valence-electron chi connectivity index (χ4n) is 4.78. The third kappa shape index (κ3) is 4.29. The highest BCUT2D eigenvalue weighted by Gasteiger charge is 2.43. The first-order valence-corrected chi connectivity index (χ1v) is 11.1. The summed E-state index contributed by atoms with van der Waals surface area (Å²) in [7, 11) is 1.69. The molecule has 6 heteroatoms. The number of rotatable bonds is 5. The molecule has 0 atom stereocenters. The van der Waals surface area contributed by atoms with E-state index in [2.05, 4.69) is 72.8 Å². The van der Waals surface area contributed by atoms with Crippen molar-refractivity contribution in [2.45, 2.75) is 58.9 Å². The first kappa shape index (κ1) is 21.3. The van der Waals surface area contributed by atoms with Crippen LogP contribution in [0.2, 0.25) is 0 Å². The van der Waals surface area contributed by atoms with Gasteiger partial charge in [-0.1, -0.05) is 39.0 Å². The maximum Gasteiger partial charge on any atom is 0.181 e. The van der Waals surface area contributed by atoms with Crippen molar-refractivity contribution in [3.8, 4) is 11.4 Å². The molecule has 0 spiro atoms. The lowest BCUT2D eigenvalue weighted by molar-refractivity contribution is 0.137. The number of tetrazole rings is 1. The molecule has 0 bridgehead atoms. The van der Waals surface area contributed by atoms with Crippen LogP contribution < -0.4 is 10.1 Å². The van der Waals surface area contributed by atoms with Crippen molar-refractivity contribution in [1.82, 2.24) is 20.2 Å². The molecule has 4 rings (SSSR count). The lowest BCUT2D eigenvalue weighted by Gasteiger charge is -2.44. The maximum atomic E-state index is 5.33. The molecule has 0 saturated heterocycles. The number of ether oxygens (including phenoxy) is 1. The van der Waals surface area contributed by atoms with E-state index < -0.39 is 0 Å². The molecule has 2 aromatic carbocycles. The highest BCUT2D eigenvalue weighted by atomic mass is 16.5. The lowest BCUT2D eigenvalue weighted by atomic mass is 9.67. The van der Waals surface area contributed by atoms with Crippen LogP contribution in [0.1, 0.15) is 57.8 Å². The zero-order valence-corrected chi connectivity index (χ0v) is 19.2. The first-order valence-electron chi connectivity index (χ1n) is 11.1. The number of benzene rings is 2. The summed E-state index contributed by atoms with van der Waals surface area (Å²) in [6.07, 6.45) is 4.22. The van der Waals surface area contributed by atoms with E-state index in [0.29, 0.717) is 11.3 Å². The molecule has 31 heavy (non-hydrogen) atoms. The van der Waals surface area contributed by atoms with Crippen molar-refractivity contribution >= 4 is 5.69 Å². The quantitative estimate of drug-likeness (QED) is 0.590. The molecule has 1 heterocycles. The summed E-state index contributed by atoms with van der Waals surface area (Å²) in [5, 5.41) is 16.9. The molecule has 1 aliphatic carbocycles. The van der Waals surface area contributed by atoms with Crippen molar-refractivity contribution in [3.05, 3.63) is 59.9 Å². The van der Waals surface area contributed by atoms with E-state index in [1.165, 1.54) is 0 Å². The maximum absolute atomic E-state index is 5.33. The Balaban J connectivity index is 1.74. The third-order valence-electron chi connectivity index (χ3n) is 6.78. The van der Waals surface area contributed by atoms with Gasteiger partial charge in [0.1, 0.15) is 5.75 Å². The monoisotopic (exact) mass is 419 g/mol. The summed E-state index contributed by atoms with van der Waals surface area (Å²) in [5.74, 6) is 2.41. The van der Waals surface area contributed by atoms with Gasteiger partial charge in [-0.05, 0) is 90.3 Å². The standard InChI is InChI=1S/C25H33N5O/c1-18-8-6-7-9-22(18)30-23(27-28-29-30)25(16-14-19(15-17-25)24(2,3)4)26-20-10-12-21(31-5)13-11-20/h6-13,19,26H,14-17H2,1-5H3. The summed E-state index contributed by atoms with van der Waals surface area (Å²) >= 11 is 0. The van der Waals surface area contributed by atoms with Gasteiger partial charge in [-0.3, -0.25) is 0 Å². The Morgan fingerprint density at radius 2 is 1.71 bits per heavy atom. The summed E-state index contributed by atoms with van der Waals surface area (Å²) in [5.41, 5.74) is 3.20. The highest BCUT2D eigenvalue weighted by molar-refractivity contribution is 5.50. The highest BCUT2D eigenvalue weighted by Crippen LogP contribution is 2.47. The van der Waals surface area contributed by atoms with Crippen LogP contribution in [0, 0.1) is 18.3 Å². The number of aryl methyl sites for hydroxylation is 1. The van der Waals surface area contributed by atoms with Crippen LogP contribution in [-0.4, -0.2) is 27.3 Å². The zero-order chi connectivity index (χ0) is 22.1. The number of para-hydroxylation sites is 1. The van der Waals surface area contributed by atoms with Crippen LogP contribution in [0.15, 0.2) is 48.5 Å². The minimum absolute atomic E-state index is 0.300. The molecule has 0 aliphatic heterocycles. The fraction of sp³-hybridized carbons (Fsp3) is 0.480. The number of aromatic nitrogens is 4. The van der Waals surface area contributed by atoms with Crippen molar-refractivity contribution in [3.63, 3.8) is 0 Å². The molecular weight excluding hydrogens is 386 g/mol. The van der Waals surface area contributed by atoms with Gasteiger partial charge in [0.2, 0.25) is 0 Å². The summed E-state index contributed by atoms with van der Waals surface area (Å²) < 4.78 is 7.25. The van der Waals surface area contributed by atoms with E-state index in [-0.39, 0.29) is 5.54 Å². The number of methoxy groups -OCH3 is 1. The summed E-state index contributed by atoms with van der Waals surface area (Å²) in [6.45, 7) is 9.14. The van der Waals surface area contributed by atoms with E-state index in [0.717, 1.165) is 54.2 Å². The second kappa shape index (κ2) is 8.33. The van der Waals surface area contributed by atoms with Gasteiger partial charge < -0.3 is 10.1 Å². The molecule has 1 fully saturated rings. The van der Waals surface area contributed by atoms with Crippen molar-refractivity contribution in [2.24, 2.45) is 11.3 Å². The van der Waals surface area contributed by atoms with Crippen LogP contribution in [0.3, 0.4) is 0 Å². The summed E-state index contributed by atoms with van der Waals surface area (Å²) in [4.78, 5) is 0. The number of hydrogen-bond donors (Lipinski definition) is 1. The number of nitrogens with one attached hydrogen (secondary N) is 1. The number of hydrogen-bond acceptors (Lipinski definition) is 5. The van der Waals surface area contributed by atoms with Crippen LogP contribution in [-0.2, 0) is 5.54 Å². The number of nitrogens with zero attached hydrogens (tertiary/aromatic N) is 4. The average molecular weight is 420 g/mol. The van der Waals surface area contributed by atoms with Gasteiger partial charge >= 0.3 is 0 Å². The Morgan fingerprint density at radius 1 is 1.03 bits per heavy atom. The van der Waals surface area contributed by atoms with Gasteiger partial charge in [-0.15, -0.1) is 5.10 Å². The van der Waals surface area contributed by atoms with Gasteiger partial charge in [0.05, 0.1) is 18.3 Å². The summed E-state index contributed by atoms with van der Waals surface area (Å²) in [6, 6.07) is 16.4. The molecule has 1 aliphatic rings. The van der Waals surface area contributed by atoms with Crippen molar-refractivity contribution in [2.75, 3.05) is 12.4 Å².